The lowest BCUT2D eigenvalue weighted by atomic mass is 9.93. The number of fused-ring (bicyclic) bond motifs is 2. The molecule has 172 valence electrons. The molecular formula is C23H23ClN10. The maximum Gasteiger partial charge on any atom is 0.247 e. The Morgan fingerprint density at radius 3 is 2.82 bits per heavy atom. The highest BCUT2D eigenvalue weighted by Gasteiger charge is 2.33. The summed E-state index contributed by atoms with van der Waals surface area (Å²) in [5, 5.41) is 34.3. The van der Waals surface area contributed by atoms with Crippen molar-refractivity contribution in [3.8, 4) is 12.1 Å². The average molecular weight is 475 g/mol. The minimum absolute atomic E-state index is 0.270. The van der Waals surface area contributed by atoms with Gasteiger partial charge in [0.1, 0.15) is 6.07 Å². The molecule has 1 aliphatic carbocycles. The third kappa shape index (κ3) is 3.75. The van der Waals surface area contributed by atoms with Crippen molar-refractivity contribution in [2.45, 2.75) is 37.8 Å². The summed E-state index contributed by atoms with van der Waals surface area (Å²) in [5.74, 6) is 1.41. The molecule has 2 aliphatic heterocycles. The third-order valence-corrected chi connectivity index (χ3v) is 7.22. The van der Waals surface area contributed by atoms with Gasteiger partial charge in [0.25, 0.3) is 0 Å². The summed E-state index contributed by atoms with van der Waals surface area (Å²) in [6.45, 7) is 2.84. The van der Waals surface area contributed by atoms with Crippen molar-refractivity contribution >= 4 is 40.4 Å². The molecule has 3 N–H and O–H groups in total. The fourth-order valence-corrected chi connectivity index (χ4v) is 5.19. The van der Waals surface area contributed by atoms with Gasteiger partial charge in [0.05, 0.1) is 34.2 Å². The van der Waals surface area contributed by atoms with Gasteiger partial charge in [-0.3, -0.25) is 0 Å². The number of rotatable bonds is 5. The smallest absolute Gasteiger partial charge is 0.247 e. The average Bonchev–Trinajstić information content (AvgIpc) is 3.37. The van der Waals surface area contributed by atoms with Gasteiger partial charge in [-0.25, -0.2) is 4.98 Å². The molecular weight excluding hydrogens is 452 g/mol. The van der Waals surface area contributed by atoms with Gasteiger partial charge in [0, 0.05) is 25.2 Å². The van der Waals surface area contributed by atoms with Crippen LogP contribution in [0.5, 0.6) is 0 Å². The normalized spacial score (nSPS) is 21.7. The van der Waals surface area contributed by atoms with Gasteiger partial charge in [-0.2, -0.15) is 20.0 Å². The molecule has 1 saturated carbocycles. The van der Waals surface area contributed by atoms with E-state index in [1.807, 2.05) is 6.07 Å². The Morgan fingerprint density at radius 1 is 1.15 bits per heavy atom. The molecule has 3 fully saturated rings. The number of nitrogens with zero attached hydrogens (tertiary/aromatic N) is 7. The summed E-state index contributed by atoms with van der Waals surface area (Å²) in [6.07, 6.45) is 5.82. The van der Waals surface area contributed by atoms with Crippen LogP contribution in [0.15, 0.2) is 18.3 Å². The summed E-state index contributed by atoms with van der Waals surface area (Å²) < 4.78 is 1.47. The molecule has 0 radical (unpaired) electrons. The maximum atomic E-state index is 9.69. The van der Waals surface area contributed by atoms with E-state index in [0.717, 1.165) is 51.0 Å². The van der Waals surface area contributed by atoms with E-state index >= 15 is 0 Å². The Labute approximate surface area is 201 Å². The number of imidazole rings is 1. The quantitative estimate of drug-likeness (QED) is 0.510. The van der Waals surface area contributed by atoms with Gasteiger partial charge < -0.3 is 20.9 Å². The molecule has 3 aliphatic rings. The van der Waals surface area contributed by atoms with Crippen molar-refractivity contribution < 1.29 is 0 Å². The first-order valence-electron chi connectivity index (χ1n) is 11.5. The standard InChI is InChI=1S/C23H23ClN10/c24-20-18(7-13(9-25)8-19(20)33-6-4-17-14(12-33)3-5-27-17)30-23-31-21(29-15-1-2-15)22-28-11-16(10-26)34(22)32-23/h7-8,11,14-15,17,27H,1-6,12H2,(H2,29,30,31,32). The highest BCUT2D eigenvalue weighted by Crippen LogP contribution is 2.38. The molecule has 10 nitrogen and oxygen atoms in total. The molecule has 2 aromatic heterocycles. The Kier molecular flexibility index (Phi) is 5.13. The minimum atomic E-state index is 0.270. The largest absolute Gasteiger partial charge is 0.370 e. The van der Waals surface area contributed by atoms with Crippen LogP contribution < -0.4 is 20.9 Å². The Bertz CT molecular complexity index is 1350. The second-order valence-corrected chi connectivity index (χ2v) is 9.51. The highest BCUT2D eigenvalue weighted by molar-refractivity contribution is 6.36. The molecule has 2 atom stereocenters. The Balaban J connectivity index is 1.37. The predicted molar refractivity (Wildman–Crippen MR) is 128 cm³/mol. The van der Waals surface area contributed by atoms with Crippen molar-refractivity contribution in [3.05, 3.63) is 34.6 Å². The van der Waals surface area contributed by atoms with Crippen LogP contribution in [-0.4, -0.2) is 51.3 Å². The van der Waals surface area contributed by atoms with Crippen LogP contribution in [0, 0.1) is 28.6 Å². The van der Waals surface area contributed by atoms with Crippen LogP contribution >= 0.6 is 11.6 Å². The molecule has 0 bridgehead atoms. The summed E-state index contributed by atoms with van der Waals surface area (Å²) in [5.41, 5.74) is 2.71. The first-order chi connectivity index (χ1) is 16.6. The second kappa shape index (κ2) is 8.32. The van der Waals surface area contributed by atoms with Gasteiger partial charge in [-0.15, -0.1) is 5.10 Å². The van der Waals surface area contributed by atoms with E-state index in [2.05, 4.69) is 48.1 Å². The number of anilines is 4. The number of benzene rings is 1. The van der Waals surface area contributed by atoms with E-state index in [4.69, 9.17) is 11.6 Å². The van der Waals surface area contributed by atoms with Crippen LogP contribution in [0.4, 0.5) is 23.1 Å². The Morgan fingerprint density at radius 2 is 2.03 bits per heavy atom. The monoisotopic (exact) mass is 474 g/mol. The zero-order chi connectivity index (χ0) is 23.2. The molecule has 11 heteroatoms. The fourth-order valence-electron chi connectivity index (χ4n) is 4.91. The lowest BCUT2D eigenvalue weighted by Gasteiger charge is -2.37. The number of hydrogen-bond acceptors (Lipinski definition) is 9. The summed E-state index contributed by atoms with van der Waals surface area (Å²) in [6, 6.07) is 8.82. The number of nitriles is 2. The number of aromatic nitrogens is 4. The van der Waals surface area contributed by atoms with Crippen molar-refractivity contribution in [3.63, 3.8) is 0 Å². The van der Waals surface area contributed by atoms with E-state index < -0.39 is 0 Å². The van der Waals surface area contributed by atoms with Crippen LogP contribution in [0.25, 0.3) is 5.65 Å². The number of nitrogens with one attached hydrogen (secondary N) is 3. The van der Waals surface area contributed by atoms with Gasteiger partial charge in [-0.05, 0) is 50.3 Å². The number of halogens is 1. The zero-order valence-electron chi connectivity index (χ0n) is 18.4. The van der Waals surface area contributed by atoms with Crippen LogP contribution in [0.1, 0.15) is 36.9 Å². The third-order valence-electron chi connectivity index (χ3n) is 6.82. The summed E-state index contributed by atoms with van der Waals surface area (Å²) >= 11 is 6.88. The van der Waals surface area contributed by atoms with Gasteiger partial charge in [-0.1, -0.05) is 11.6 Å². The first-order valence-corrected chi connectivity index (χ1v) is 11.9. The highest BCUT2D eigenvalue weighted by atomic mass is 35.5. The SMILES string of the molecule is N#Cc1cc(Nc2nc(NC3CC3)c3ncc(C#N)n3n2)c(Cl)c(N2CCC3NCCC3C2)c1. The van der Waals surface area contributed by atoms with E-state index in [9.17, 15) is 10.5 Å². The number of hydrogen-bond donors (Lipinski definition) is 3. The van der Waals surface area contributed by atoms with Gasteiger partial charge in [0.15, 0.2) is 17.2 Å². The van der Waals surface area contributed by atoms with Crippen molar-refractivity contribution in [1.29, 1.82) is 10.5 Å². The van der Waals surface area contributed by atoms with Crippen LogP contribution in [0.2, 0.25) is 5.02 Å². The Hall–Kier alpha value is -3.60. The van der Waals surface area contributed by atoms with Crippen LogP contribution in [-0.2, 0) is 0 Å². The maximum absolute atomic E-state index is 9.69. The molecule has 1 aromatic carbocycles. The van der Waals surface area contributed by atoms with E-state index in [1.54, 1.807) is 6.07 Å². The van der Waals surface area contributed by atoms with E-state index in [-0.39, 0.29) is 5.95 Å². The zero-order valence-corrected chi connectivity index (χ0v) is 19.2. The van der Waals surface area contributed by atoms with Crippen LogP contribution in [0.3, 0.4) is 0 Å². The second-order valence-electron chi connectivity index (χ2n) is 9.13. The first kappa shape index (κ1) is 21.0. The van der Waals surface area contributed by atoms with Crippen molar-refractivity contribution in [2.24, 2.45) is 5.92 Å². The topological polar surface area (TPSA) is 130 Å². The molecule has 2 unspecified atom stereocenters. The molecule has 3 aromatic rings. The fraction of sp³-hybridized carbons (Fsp3) is 0.435. The molecule has 34 heavy (non-hydrogen) atoms. The van der Waals surface area contributed by atoms with Gasteiger partial charge >= 0.3 is 0 Å². The van der Waals surface area contributed by atoms with Crippen molar-refractivity contribution in [1.82, 2.24) is 24.9 Å². The molecule has 4 heterocycles. The lowest BCUT2D eigenvalue weighted by Crippen LogP contribution is -2.44. The summed E-state index contributed by atoms with van der Waals surface area (Å²) in [7, 11) is 0. The van der Waals surface area contributed by atoms with Crippen molar-refractivity contribution in [2.75, 3.05) is 35.2 Å². The predicted octanol–water partition coefficient (Wildman–Crippen LogP) is 3.03. The summed E-state index contributed by atoms with van der Waals surface area (Å²) in [4.78, 5) is 11.2. The minimum Gasteiger partial charge on any atom is -0.370 e. The molecule has 2 saturated heterocycles. The van der Waals surface area contributed by atoms with E-state index in [0.29, 0.717) is 51.4 Å². The molecule has 0 amide bonds. The lowest BCUT2D eigenvalue weighted by molar-refractivity contribution is 0.376. The molecule has 6 rings (SSSR count). The van der Waals surface area contributed by atoms with Gasteiger partial charge in [0.2, 0.25) is 5.95 Å². The number of piperidine rings is 1. The molecule has 0 spiro atoms. The van der Waals surface area contributed by atoms with E-state index in [1.165, 1.54) is 10.7 Å².